The summed E-state index contributed by atoms with van der Waals surface area (Å²) in [6, 6.07) is 6.56. The van der Waals surface area contributed by atoms with Gasteiger partial charge in [-0.15, -0.1) is 0 Å². The first kappa shape index (κ1) is 18.4. The number of sulfonamides is 1. The molecule has 2 aromatic carbocycles. The summed E-state index contributed by atoms with van der Waals surface area (Å²) in [4.78, 5) is -0.342. The largest absolute Gasteiger partial charge is 0.418 e. The number of anilines is 1. The molecule has 1 N–H and O–H groups in total. The van der Waals surface area contributed by atoms with Crippen molar-refractivity contribution in [2.45, 2.75) is 11.1 Å². The van der Waals surface area contributed by atoms with Crippen molar-refractivity contribution in [3.63, 3.8) is 0 Å². The maximum atomic E-state index is 13.0. The minimum atomic E-state index is -4.73. The van der Waals surface area contributed by atoms with E-state index < -0.39 is 27.5 Å². The van der Waals surface area contributed by atoms with Gasteiger partial charge in [-0.05, 0) is 36.4 Å². The zero-order valence-electron chi connectivity index (χ0n) is 11.0. The number of hydrogen-bond donors (Lipinski definition) is 1. The summed E-state index contributed by atoms with van der Waals surface area (Å²) < 4.78 is 65.7. The van der Waals surface area contributed by atoms with Crippen molar-refractivity contribution in [2.24, 2.45) is 0 Å². The Morgan fingerprint density at radius 2 is 1.57 bits per heavy atom. The minimum Gasteiger partial charge on any atom is -0.279 e. The van der Waals surface area contributed by atoms with E-state index in [-0.39, 0.29) is 19.4 Å². The van der Waals surface area contributed by atoms with Crippen LogP contribution in [0.25, 0.3) is 0 Å². The zero-order valence-corrected chi connectivity index (χ0v) is 14.9. The highest BCUT2D eigenvalue weighted by Gasteiger charge is 2.35. The van der Waals surface area contributed by atoms with Crippen LogP contribution in [0.1, 0.15) is 5.56 Å². The zero-order chi connectivity index (χ0) is 17.4. The molecule has 0 aromatic heterocycles. The molecule has 0 heterocycles. The van der Waals surface area contributed by atoms with Gasteiger partial charge in [-0.25, -0.2) is 8.42 Å². The van der Waals surface area contributed by atoms with E-state index in [1.165, 1.54) is 12.1 Å². The van der Waals surface area contributed by atoms with E-state index in [0.717, 1.165) is 24.3 Å². The molecule has 0 bridgehead atoms. The first-order valence-corrected chi connectivity index (χ1v) is 8.88. The number of rotatable bonds is 3. The Labute approximate surface area is 148 Å². The van der Waals surface area contributed by atoms with Crippen LogP contribution in [0.4, 0.5) is 18.9 Å². The third-order valence-electron chi connectivity index (χ3n) is 2.68. The molecule has 23 heavy (non-hydrogen) atoms. The first-order chi connectivity index (χ1) is 10.5. The van der Waals surface area contributed by atoms with E-state index in [1.807, 2.05) is 4.72 Å². The average molecular weight is 449 g/mol. The maximum absolute atomic E-state index is 13.0. The van der Waals surface area contributed by atoms with Crippen molar-refractivity contribution in [3.05, 3.63) is 56.5 Å². The van der Waals surface area contributed by atoms with Crippen molar-refractivity contribution in [3.8, 4) is 0 Å². The normalized spacial score (nSPS) is 12.3. The second-order valence-corrected chi connectivity index (χ2v) is 7.87. The third-order valence-corrected chi connectivity index (χ3v) is 4.95. The molecule has 0 saturated carbocycles. The standard InChI is InChI=1S/C13H7BrCl2F3NO2S/c14-7-1-2-12(11(3-7)13(17,18)19)20-23(21,22)10-5-8(15)4-9(16)6-10/h1-6,20H. The van der Waals surface area contributed by atoms with E-state index >= 15 is 0 Å². The van der Waals surface area contributed by atoms with Crippen LogP contribution < -0.4 is 4.72 Å². The van der Waals surface area contributed by atoms with E-state index in [2.05, 4.69) is 15.9 Å². The van der Waals surface area contributed by atoms with E-state index in [0.29, 0.717) is 0 Å². The van der Waals surface area contributed by atoms with Gasteiger partial charge in [0, 0.05) is 14.5 Å². The SMILES string of the molecule is O=S(=O)(Nc1ccc(Br)cc1C(F)(F)F)c1cc(Cl)cc(Cl)c1. The molecular weight excluding hydrogens is 442 g/mol. The Bertz CT molecular complexity index is 837. The summed E-state index contributed by atoms with van der Waals surface area (Å²) in [5.74, 6) is 0. The van der Waals surface area contributed by atoms with Gasteiger partial charge in [-0.3, -0.25) is 4.72 Å². The predicted octanol–water partition coefficient (Wildman–Crippen LogP) is 5.58. The van der Waals surface area contributed by atoms with E-state index in [4.69, 9.17) is 23.2 Å². The highest BCUT2D eigenvalue weighted by Crippen LogP contribution is 2.37. The van der Waals surface area contributed by atoms with Gasteiger partial charge in [0.05, 0.1) is 16.1 Å². The molecule has 0 atom stereocenters. The molecule has 0 spiro atoms. The summed E-state index contributed by atoms with van der Waals surface area (Å²) in [5.41, 5.74) is -1.72. The molecule has 124 valence electrons. The molecule has 0 aliphatic carbocycles. The van der Waals surface area contributed by atoms with Crippen LogP contribution in [0.2, 0.25) is 10.0 Å². The summed E-state index contributed by atoms with van der Waals surface area (Å²) in [7, 11) is -4.29. The molecule has 2 rings (SSSR count). The fraction of sp³-hybridized carbons (Fsp3) is 0.0769. The van der Waals surface area contributed by atoms with Crippen LogP contribution in [0.15, 0.2) is 45.8 Å². The molecular formula is C13H7BrCl2F3NO2S. The number of benzene rings is 2. The van der Waals surface area contributed by atoms with E-state index in [9.17, 15) is 21.6 Å². The Balaban J connectivity index is 2.50. The molecule has 0 fully saturated rings. The fourth-order valence-corrected chi connectivity index (χ4v) is 3.89. The van der Waals surface area contributed by atoms with Gasteiger partial charge in [0.15, 0.2) is 0 Å². The van der Waals surface area contributed by atoms with Crippen LogP contribution >= 0.6 is 39.1 Å². The maximum Gasteiger partial charge on any atom is 0.418 e. The number of halogens is 6. The van der Waals surface area contributed by atoms with Crippen LogP contribution in [0.3, 0.4) is 0 Å². The molecule has 0 amide bonds. The van der Waals surface area contributed by atoms with Crippen LogP contribution in [-0.4, -0.2) is 8.42 Å². The van der Waals surface area contributed by atoms with Crippen molar-refractivity contribution in [1.29, 1.82) is 0 Å². The van der Waals surface area contributed by atoms with Gasteiger partial charge in [0.25, 0.3) is 10.0 Å². The molecule has 10 heteroatoms. The Morgan fingerprint density at radius 1 is 1.00 bits per heavy atom. The van der Waals surface area contributed by atoms with Crippen LogP contribution in [0, 0.1) is 0 Å². The lowest BCUT2D eigenvalue weighted by atomic mass is 10.2. The third kappa shape index (κ3) is 4.53. The van der Waals surface area contributed by atoms with Gasteiger partial charge in [-0.1, -0.05) is 39.1 Å². The Kier molecular flexibility index (Phi) is 5.20. The van der Waals surface area contributed by atoms with Gasteiger partial charge >= 0.3 is 6.18 Å². The molecule has 0 aliphatic rings. The highest BCUT2D eigenvalue weighted by molar-refractivity contribution is 9.10. The predicted molar refractivity (Wildman–Crippen MR) is 86.4 cm³/mol. The van der Waals surface area contributed by atoms with E-state index in [1.54, 1.807) is 0 Å². The lowest BCUT2D eigenvalue weighted by Gasteiger charge is -2.15. The van der Waals surface area contributed by atoms with Gasteiger partial charge in [0.2, 0.25) is 0 Å². The van der Waals surface area contributed by atoms with Crippen molar-refractivity contribution in [2.75, 3.05) is 4.72 Å². The number of hydrogen-bond acceptors (Lipinski definition) is 2. The summed E-state index contributed by atoms with van der Waals surface area (Å²) in [6.45, 7) is 0. The monoisotopic (exact) mass is 447 g/mol. The topological polar surface area (TPSA) is 46.2 Å². The summed E-state index contributed by atoms with van der Waals surface area (Å²) >= 11 is 14.4. The van der Waals surface area contributed by atoms with Gasteiger partial charge in [0.1, 0.15) is 0 Å². The second kappa shape index (κ2) is 6.51. The lowest BCUT2D eigenvalue weighted by molar-refractivity contribution is -0.136. The highest BCUT2D eigenvalue weighted by atomic mass is 79.9. The summed E-state index contributed by atoms with van der Waals surface area (Å²) in [5, 5.41) is 0.0921. The fourth-order valence-electron chi connectivity index (χ4n) is 1.73. The molecule has 3 nitrogen and oxygen atoms in total. The van der Waals surface area contributed by atoms with Crippen molar-refractivity contribution >= 4 is 54.8 Å². The lowest BCUT2D eigenvalue weighted by Crippen LogP contribution is -2.17. The second-order valence-electron chi connectivity index (χ2n) is 4.40. The Morgan fingerprint density at radius 3 is 2.09 bits per heavy atom. The molecule has 0 radical (unpaired) electrons. The Hall–Kier alpha value is -0.960. The molecule has 0 unspecified atom stereocenters. The van der Waals surface area contributed by atoms with Crippen LogP contribution in [0.5, 0.6) is 0 Å². The first-order valence-electron chi connectivity index (χ1n) is 5.85. The molecule has 0 aliphatic heterocycles. The minimum absolute atomic E-state index is 0.0460. The van der Waals surface area contributed by atoms with Crippen LogP contribution in [-0.2, 0) is 16.2 Å². The van der Waals surface area contributed by atoms with Gasteiger partial charge in [-0.2, -0.15) is 13.2 Å². The van der Waals surface area contributed by atoms with Crippen molar-refractivity contribution in [1.82, 2.24) is 0 Å². The average Bonchev–Trinajstić information content (AvgIpc) is 2.38. The van der Waals surface area contributed by atoms with Gasteiger partial charge < -0.3 is 0 Å². The van der Waals surface area contributed by atoms with Crippen molar-refractivity contribution < 1.29 is 21.6 Å². The molecule has 2 aromatic rings. The number of alkyl halides is 3. The quantitative estimate of drug-likeness (QED) is 0.666. The smallest absolute Gasteiger partial charge is 0.279 e. The number of nitrogens with one attached hydrogen (secondary N) is 1. The summed E-state index contributed by atoms with van der Waals surface area (Å²) in [6.07, 6.45) is -4.73. The molecule has 0 saturated heterocycles.